The normalized spacial score (nSPS) is 18.2. The predicted molar refractivity (Wildman–Crippen MR) is 91.2 cm³/mol. The number of halogens is 1. The van der Waals surface area contributed by atoms with E-state index in [-0.39, 0.29) is 10.9 Å². The lowest BCUT2D eigenvalue weighted by atomic mass is 10.1. The lowest BCUT2D eigenvalue weighted by molar-refractivity contribution is 0.420. The monoisotopic (exact) mass is 349 g/mol. The van der Waals surface area contributed by atoms with E-state index in [1.54, 1.807) is 12.1 Å². The van der Waals surface area contributed by atoms with Crippen LogP contribution >= 0.6 is 11.6 Å². The van der Waals surface area contributed by atoms with Gasteiger partial charge in [0, 0.05) is 13.2 Å². The Morgan fingerprint density at radius 1 is 1.04 bits per heavy atom. The van der Waals surface area contributed by atoms with E-state index in [0.29, 0.717) is 5.03 Å². The summed E-state index contributed by atoms with van der Waals surface area (Å²) in [4.78, 5) is 0.0819. The SMILES string of the molecule is CN1C=C(Cl)C(c2ccccc2)N1c1ccc(S(N)(=O)=O)cc1. The molecule has 0 bridgehead atoms. The van der Waals surface area contributed by atoms with Gasteiger partial charge in [0.15, 0.2) is 0 Å². The topological polar surface area (TPSA) is 66.6 Å². The molecule has 7 heteroatoms. The molecule has 0 saturated carbocycles. The number of nitrogens with zero attached hydrogens (tertiary/aromatic N) is 2. The second kappa shape index (κ2) is 5.88. The van der Waals surface area contributed by atoms with Crippen molar-refractivity contribution in [1.82, 2.24) is 5.01 Å². The zero-order chi connectivity index (χ0) is 16.6. The molecule has 1 aliphatic heterocycles. The molecule has 0 amide bonds. The second-order valence-electron chi connectivity index (χ2n) is 5.28. The fourth-order valence-corrected chi connectivity index (χ4v) is 3.54. The van der Waals surface area contributed by atoms with Crippen LogP contribution in [-0.4, -0.2) is 20.5 Å². The number of rotatable bonds is 3. The van der Waals surface area contributed by atoms with Crippen molar-refractivity contribution >= 4 is 27.3 Å². The zero-order valence-corrected chi connectivity index (χ0v) is 14.0. The molecule has 0 aromatic heterocycles. The minimum absolute atomic E-state index is 0.0819. The molecular formula is C16H16ClN3O2S. The van der Waals surface area contributed by atoms with Gasteiger partial charge in [0.2, 0.25) is 10.0 Å². The molecule has 0 radical (unpaired) electrons. The number of hydrazine groups is 1. The first kappa shape index (κ1) is 15.9. The Morgan fingerprint density at radius 2 is 1.65 bits per heavy atom. The number of hydrogen-bond donors (Lipinski definition) is 1. The summed E-state index contributed by atoms with van der Waals surface area (Å²) in [6.45, 7) is 0. The molecule has 1 heterocycles. The Hall–Kier alpha value is -2.02. The Morgan fingerprint density at radius 3 is 2.22 bits per heavy atom. The first-order valence-corrected chi connectivity index (χ1v) is 8.87. The summed E-state index contributed by atoms with van der Waals surface area (Å²) in [6, 6.07) is 16.1. The van der Waals surface area contributed by atoms with Crippen molar-refractivity contribution in [3.63, 3.8) is 0 Å². The molecule has 3 rings (SSSR count). The molecular weight excluding hydrogens is 334 g/mol. The molecule has 1 atom stereocenters. The summed E-state index contributed by atoms with van der Waals surface area (Å²) in [6.07, 6.45) is 1.84. The third-order valence-electron chi connectivity index (χ3n) is 3.70. The van der Waals surface area contributed by atoms with Crippen LogP contribution in [0.3, 0.4) is 0 Å². The summed E-state index contributed by atoms with van der Waals surface area (Å²) in [5.41, 5.74) is 1.87. The number of anilines is 1. The van der Waals surface area contributed by atoms with Crippen LogP contribution in [-0.2, 0) is 10.0 Å². The predicted octanol–water partition coefficient (Wildman–Crippen LogP) is 2.82. The van der Waals surface area contributed by atoms with Crippen LogP contribution in [0.2, 0.25) is 0 Å². The first-order chi connectivity index (χ1) is 10.9. The number of primary sulfonamides is 1. The molecule has 0 aliphatic carbocycles. The molecule has 0 fully saturated rings. The Bertz CT molecular complexity index is 835. The molecule has 2 aromatic rings. The zero-order valence-electron chi connectivity index (χ0n) is 12.4. The highest BCUT2D eigenvalue weighted by atomic mass is 35.5. The van der Waals surface area contributed by atoms with Gasteiger partial charge in [0.1, 0.15) is 6.04 Å². The van der Waals surface area contributed by atoms with Gasteiger partial charge >= 0.3 is 0 Å². The van der Waals surface area contributed by atoms with Gasteiger partial charge in [-0.05, 0) is 29.8 Å². The van der Waals surface area contributed by atoms with Crippen LogP contribution in [0.25, 0.3) is 0 Å². The van der Waals surface area contributed by atoms with Crippen molar-refractivity contribution in [2.45, 2.75) is 10.9 Å². The van der Waals surface area contributed by atoms with E-state index in [1.807, 2.05) is 53.6 Å². The summed E-state index contributed by atoms with van der Waals surface area (Å²) in [5.74, 6) is 0. The van der Waals surface area contributed by atoms with E-state index in [0.717, 1.165) is 11.3 Å². The van der Waals surface area contributed by atoms with Gasteiger partial charge in [-0.25, -0.2) is 13.6 Å². The van der Waals surface area contributed by atoms with Crippen LogP contribution in [0.4, 0.5) is 5.69 Å². The Balaban J connectivity index is 2.00. The number of sulfonamides is 1. The maximum Gasteiger partial charge on any atom is 0.238 e. The average molecular weight is 350 g/mol. The number of benzene rings is 2. The van der Waals surface area contributed by atoms with E-state index < -0.39 is 10.0 Å². The fraction of sp³-hybridized carbons (Fsp3) is 0.125. The summed E-state index contributed by atoms with van der Waals surface area (Å²) in [5, 5.41) is 9.71. The van der Waals surface area contributed by atoms with Gasteiger partial charge in [-0.1, -0.05) is 41.9 Å². The maximum absolute atomic E-state index is 11.4. The van der Waals surface area contributed by atoms with Gasteiger partial charge in [-0.2, -0.15) is 0 Å². The van der Waals surface area contributed by atoms with Gasteiger partial charge in [0.05, 0.1) is 15.6 Å². The third kappa shape index (κ3) is 3.06. The third-order valence-corrected chi connectivity index (χ3v) is 4.93. The highest BCUT2D eigenvalue weighted by molar-refractivity contribution is 7.89. The molecule has 2 N–H and O–H groups in total. The minimum atomic E-state index is -3.70. The van der Waals surface area contributed by atoms with Crippen LogP contribution in [0.1, 0.15) is 11.6 Å². The quantitative estimate of drug-likeness (QED) is 0.925. The minimum Gasteiger partial charge on any atom is -0.294 e. The molecule has 23 heavy (non-hydrogen) atoms. The first-order valence-electron chi connectivity index (χ1n) is 6.95. The average Bonchev–Trinajstić information content (AvgIpc) is 2.82. The van der Waals surface area contributed by atoms with E-state index in [4.69, 9.17) is 16.7 Å². The largest absolute Gasteiger partial charge is 0.294 e. The highest BCUT2D eigenvalue weighted by Gasteiger charge is 2.32. The van der Waals surface area contributed by atoms with Crippen molar-refractivity contribution in [2.75, 3.05) is 12.1 Å². The van der Waals surface area contributed by atoms with Gasteiger partial charge < -0.3 is 0 Å². The van der Waals surface area contributed by atoms with Crippen LogP contribution in [0.5, 0.6) is 0 Å². The summed E-state index contributed by atoms with van der Waals surface area (Å²) >= 11 is 6.42. The fourth-order valence-electron chi connectivity index (χ4n) is 2.67. The standard InChI is InChI=1S/C16H16ClN3O2S/c1-19-11-15(17)16(12-5-3-2-4-6-12)20(19)13-7-9-14(10-8-13)23(18,21)22/h2-11,16H,1H3,(H2,18,21,22). The van der Waals surface area contributed by atoms with Crippen molar-refractivity contribution < 1.29 is 8.42 Å². The molecule has 1 aliphatic rings. The molecule has 2 aromatic carbocycles. The number of nitrogens with two attached hydrogens (primary N) is 1. The molecule has 120 valence electrons. The van der Waals surface area contributed by atoms with Crippen LogP contribution in [0, 0.1) is 0 Å². The summed E-state index contributed by atoms with van der Waals surface area (Å²) in [7, 11) is -1.82. The van der Waals surface area contributed by atoms with E-state index >= 15 is 0 Å². The second-order valence-corrected chi connectivity index (χ2v) is 7.28. The highest BCUT2D eigenvalue weighted by Crippen LogP contribution is 2.40. The van der Waals surface area contributed by atoms with Crippen molar-refractivity contribution in [3.05, 3.63) is 71.4 Å². The molecule has 0 spiro atoms. The van der Waals surface area contributed by atoms with Crippen molar-refractivity contribution in [1.29, 1.82) is 0 Å². The van der Waals surface area contributed by atoms with Crippen LogP contribution in [0.15, 0.2) is 70.7 Å². The van der Waals surface area contributed by atoms with E-state index in [1.165, 1.54) is 12.1 Å². The number of hydrogen-bond acceptors (Lipinski definition) is 4. The van der Waals surface area contributed by atoms with Gasteiger partial charge in [-0.3, -0.25) is 10.0 Å². The maximum atomic E-state index is 11.4. The van der Waals surface area contributed by atoms with Crippen LogP contribution < -0.4 is 10.1 Å². The Labute approximate surface area is 140 Å². The van der Waals surface area contributed by atoms with E-state index in [2.05, 4.69) is 0 Å². The molecule has 5 nitrogen and oxygen atoms in total. The van der Waals surface area contributed by atoms with Gasteiger partial charge in [0.25, 0.3) is 0 Å². The molecule has 1 unspecified atom stereocenters. The van der Waals surface area contributed by atoms with Gasteiger partial charge in [-0.15, -0.1) is 0 Å². The lowest BCUT2D eigenvalue weighted by Crippen LogP contribution is -2.34. The lowest BCUT2D eigenvalue weighted by Gasteiger charge is -2.33. The summed E-state index contributed by atoms with van der Waals surface area (Å²) < 4.78 is 22.8. The van der Waals surface area contributed by atoms with E-state index in [9.17, 15) is 8.42 Å². The van der Waals surface area contributed by atoms with Crippen molar-refractivity contribution in [3.8, 4) is 0 Å². The smallest absolute Gasteiger partial charge is 0.238 e. The Kier molecular flexibility index (Phi) is 4.06. The molecule has 0 saturated heterocycles. The van der Waals surface area contributed by atoms with Crippen molar-refractivity contribution in [2.24, 2.45) is 5.14 Å².